The molecular formula is C23H24N6O3. The van der Waals surface area contributed by atoms with Gasteiger partial charge >= 0.3 is 0 Å². The highest BCUT2D eigenvalue weighted by atomic mass is 16.3. The van der Waals surface area contributed by atoms with Crippen LogP contribution in [0.5, 0.6) is 0 Å². The highest BCUT2D eigenvalue weighted by Crippen LogP contribution is 2.34. The number of aliphatic hydroxyl groups is 1. The van der Waals surface area contributed by atoms with Gasteiger partial charge in [0.2, 0.25) is 5.89 Å². The van der Waals surface area contributed by atoms with E-state index in [1.807, 2.05) is 31.3 Å². The number of carbonyl (C=O) groups is 1. The number of para-hydroxylation sites is 1. The Balaban J connectivity index is 1.46. The molecule has 1 fully saturated rings. The van der Waals surface area contributed by atoms with Gasteiger partial charge in [-0.3, -0.25) is 9.48 Å². The maximum absolute atomic E-state index is 13.0. The summed E-state index contributed by atoms with van der Waals surface area (Å²) in [6.07, 6.45) is 4.17. The molecule has 0 atom stereocenters. The molecule has 0 bridgehead atoms. The number of oxazole rings is 1. The number of fused-ring (bicyclic) bond motifs is 1. The van der Waals surface area contributed by atoms with E-state index in [0.29, 0.717) is 48.8 Å². The van der Waals surface area contributed by atoms with E-state index in [-0.39, 0.29) is 17.7 Å². The van der Waals surface area contributed by atoms with E-state index >= 15 is 0 Å². The maximum Gasteiger partial charge on any atom is 0.277 e. The predicted molar refractivity (Wildman–Crippen MR) is 122 cm³/mol. The number of aromatic nitrogens is 3. The summed E-state index contributed by atoms with van der Waals surface area (Å²) in [6, 6.07) is 11.1. The third kappa shape index (κ3) is 3.67. The molecule has 1 amide bonds. The number of piperidine rings is 1. The van der Waals surface area contributed by atoms with Gasteiger partial charge in [-0.2, -0.15) is 5.10 Å². The number of nitrogen functional groups attached to an aromatic ring is 1. The van der Waals surface area contributed by atoms with Crippen molar-refractivity contribution in [2.75, 3.05) is 29.0 Å². The number of nitrogens with two attached hydrogens (primary N) is 1. The van der Waals surface area contributed by atoms with Crippen LogP contribution in [0.3, 0.4) is 0 Å². The molecule has 3 heterocycles. The highest BCUT2D eigenvalue weighted by molar-refractivity contribution is 6.06. The number of benzene rings is 2. The zero-order valence-corrected chi connectivity index (χ0v) is 17.7. The quantitative estimate of drug-likeness (QED) is 0.424. The summed E-state index contributed by atoms with van der Waals surface area (Å²) in [4.78, 5) is 19.5. The third-order valence-corrected chi connectivity index (χ3v) is 5.85. The van der Waals surface area contributed by atoms with Crippen molar-refractivity contribution in [3.63, 3.8) is 0 Å². The van der Waals surface area contributed by atoms with Crippen molar-refractivity contribution in [3.05, 3.63) is 54.6 Å². The molecule has 9 heteroatoms. The van der Waals surface area contributed by atoms with Crippen LogP contribution in [0.1, 0.15) is 23.3 Å². The lowest BCUT2D eigenvalue weighted by molar-refractivity contribution is 0.102. The Kier molecular flexibility index (Phi) is 5.02. The molecule has 1 aliphatic heterocycles. The summed E-state index contributed by atoms with van der Waals surface area (Å²) < 4.78 is 7.32. The summed E-state index contributed by atoms with van der Waals surface area (Å²) in [5.74, 6) is -0.0859. The molecular weight excluding hydrogens is 408 g/mol. The summed E-state index contributed by atoms with van der Waals surface area (Å²) in [5, 5.41) is 18.1. The van der Waals surface area contributed by atoms with Gasteiger partial charge in [0.25, 0.3) is 5.91 Å². The highest BCUT2D eigenvalue weighted by Gasteiger charge is 2.23. The fraction of sp³-hybridized carbons (Fsp3) is 0.261. The lowest BCUT2D eigenvalue weighted by atomic mass is 10.1. The lowest BCUT2D eigenvalue weighted by Gasteiger charge is -2.33. The minimum absolute atomic E-state index is 0.162. The Morgan fingerprint density at radius 1 is 1.25 bits per heavy atom. The van der Waals surface area contributed by atoms with Gasteiger partial charge < -0.3 is 25.5 Å². The Hall–Kier alpha value is -3.85. The van der Waals surface area contributed by atoms with Crippen LogP contribution < -0.4 is 16.0 Å². The maximum atomic E-state index is 13.0. The average Bonchev–Trinajstić information content (AvgIpc) is 3.42. The van der Waals surface area contributed by atoms with Crippen molar-refractivity contribution in [3.8, 4) is 11.5 Å². The molecule has 4 N–H and O–H groups in total. The van der Waals surface area contributed by atoms with Gasteiger partial charge in [-0.05, 0) is 37.1 Å². The van der Waals surface area contributed by atoms with Gasteiger partial charge in [0.1, 0.15) is 6.26 Å². The molecule has 0 saturated carbocycles. The molecule has 32 heavy (non-hydrogen) atoms. The fourth-order valence-corrected chi connectivity index (χ4v) is 4.04. The Morgan fingerprint density at radius 3 is 2.81 bits per heavy atom. The number of carbonyl (C=O) groups excluding carboxylic acids is 1. The number of hydrogen-bond donors (Lipinski definition) is 3. The van der Waals surface area contributed by atoms with Crippen molar-refractivity contribution >= 4 is 33.9 Å². The number of amides is 1. The lowest BCUT2D eigenvalue weighted by Crippen LogP contribution is -2.36. The number of rotatable bonds is 4. The normalized spacial score (nSPS) is 14.8. The first-order chi connectivity index (χ1) is 15.5. The molecule has 2 aromatic carbocycles. The first-order valence-electron chi connectivity index (χ1n) is 10.5. The Bertz CT molecular complexity index is 1290. The van der Waals surface area contributed by atoms with E-state index in [0.717, 1.165) is 16.6 Å². The number of anilines is 3. The molecule has 9 nitrogen and oxygen atoms in total. The molecule has 4 aromatic rings. The molecule has 1 aliphatic rings. The third-order valence-electron chi connectivity index (χ3n) is 5.85. The summed E-state index contributed by atoms with van der Waals surface area (Å²) in [7, 11) is 1.89. The van der Waals surface area contributed by atoms with Crippen molar-refractivity contribution in [2.24, 2.45) is 7.05 Å². The molecule has 0 aliphatic carbocycles. The second-order valence-electron chi connectivity index (χ2n) is 7.99. The van der Waals surface area contributed by atoms with Crippen LogP contribution in [0.4, 0.5) is 17.1 Å². The molecule has 5 rings (SSSR count). The number of nitrogens with zero attached hydrogens (tertiary/aromatic N) is 4. The number of aliphatic hydroxyl groups excluding tert-OH is 1. The average molecular weight is 432 g/mol. The largest absolute Gasteiger partial charge is 0.444 e. The molecule has 164 valence electrons. The molecule has 0 radical (unpaired) electrons. The standard InChI is InChI=1S/C23H24N6O3/c1-28-20-11-21(29-8-6-15(30)7-9-29)18(10-14(20)12-25-28)26-22(31)19-13-32-23(27-19)16-4-2-3-5-17(16)24/h2-5,10-13,15,30H,6-9,24H2,1H3,(H,26,31). The second kappa shape index (κ2) is 8.01. The second-order valence-corrected chi connectivity index (χ2v) is 7.99. The monoisotopic (exact) mass is 432 g/mol. The van der Waals surface area contributed by atoms with E-state index in [1.54, 1.807) is 23.0 Å². The van der Waals surface area contributed by atoms with E-state index in [1.165, 1.54) is 6.26 Å². The summed E-state index contributed by atoms with van der Waals surface area (Å²) in [6.45, 7) is 1.41. The van der Waals surface area contributed by atoms with Gasteiger partial charge in [0.15, 0.2) is 5.69 Å². The van der Waals surface area contributed by atoms with Crippen LogP contribution in [-0.2, 0) is 7.05 Å². The minimum Gasteiger partial charge on any atom is -0.444 e. The van der Waals surface area contributed by atoms with Crippen LogP contribution in [0.2, 0.25) is 0 Å². The Morgan fingerprint density at radius 2 is 2.03 bits per heavy atom. The van der Waals surface area contributed by atoms with Crippen LogP contribution >= 0.6 is 0 Å². The van der Waals surface area contributed by atoms with E-state index in [4.69, 9.17) is 10.2 Å². The minimum atomic E-state index is -0.379. The predicted octanol–water partition coefficient (Wildman–Crippen LogP) is 3.02. The first kappa shape index (κ1) is 20.1. The van der Waals surface area contributed by atoms with E-state index < -0.39 is 0 Å². The number of nitrogens with one attached hydrogen (secondary N) is 1. The molecule has 2 aromatic heterocycles. The smallest absolute Gasteiger partial charge is 0.277 e. The topological polar surface area (TPSA) is 122 Å². The van der Waals surface area contributed by atoms with Crippen LogP contribution in [0.15, 0.2) is 53.3 Å². The van der Waals surface area contributed by atoms with Crippen LogP contribution in [-0.4, -0.2) is 45.0 Å². The number of hydrogen-bond acceptors (Lipinski definition) is 7. The van der Waals surface area contributed by atoms with Crippen molar-refractivity contribution < 1.29 is 14.3 Å². The van der Waals surface area contributed by atoms with E-state index in [9.17, 15) is 9.90 Å². The summed E-state index contributed by atoms with van der Waals surface area (Å²) in [5.41, 5.74) is 9.83. The SMILES string of the molecule is Cn1ncc2cc(NC(=O)c3coc(-c4ccccc4N)n3)c(N3CCC(O)CC3)cc21. The van der Waals surface area contributed by atoms with Gasteiger partial charge in [-0.25, -0.2) is 4.98 Å². The van der Waals surface area contributed by atoms with Crippen LogP contribution in [0.25, 0.3) is 22.4 Å². The first-order valence-corrected chi connectivity index (χ1v) is 10.5. The summed E-state index contributed by atoms with van der Waals surface area (Å²) >= 11 is 0. The van der Waals surface area contributed by atoms with Gasteiger partial charge in [-0.15, -0.1) is 0 Å². The van der Waals surface area contributed by atoms with Gasteiger partial charge in [0.05, 0.1) is 34.8 Å². The number of aryl methyl sites for hydroxylation is 1. The van der Waals surface area contributed by atoms with Crippen molar-refractivity contribution in [1.82, 2.24) is 14.8 Å². The Labute approximate surface area is 184 Å². The molecule has 1 saturated heterocycles. The molecule has 0 spiro atoms. The zero-order valence-electron chi connectivity index (χ0n) is 17.7. The van der Waals surface area contributed by atoms with Crippen molar-refractivity contribution in [1.29, 1.82) is 0 Å². The zero-order chi connectivity index (χ0) is 22.2. The molecule has 0 unspecified atom stereocenters. The van der Waals surface area contributed by atoms with E-state index in [2.05, 4.69) is 20.3 Å². The van der Waals surface area contributed by atoms with Crippen LogP contribution in [0, 0.1) is 0 Å². The van der Waals surface area contributed by atoms with Gasteiger partial charge in [0, 0.05) is 31.2 Å². The van der Waals surface area contributed by atoms with Gasteiger partial charge in [-0.1, -0.05) is 12.1 Å². The van der Waals surface area contributed by atoms with Crippen molar-refractivity contribution in [2.45, 2.75) is 18.9 Å². The fourth-order valence-electron chi connectivity index (χ4n) is 4.04.